The van der Waals surface area contributed by atoms with Crippen LogP contribution in [0.5, 0.6) is 0 Å². The van der Waals surface area contributed by atoms with Crippen molar-refractivity contribution in [3.63, 3.8) is 0 Å². The van der Waals surface area contributed by atoms with Crippen LogP contribution in [-0.4, -0.2) is 29.9 Å². The van der Waals surface area contributed by atoms with Crippen molar-refractivity contribution in [2.24, 2.45) is 5.73 Å². The fourth-order valence-corrected chi connectivity index (χ4v) is 1.95. The first kappa shape index (κ1) is 13.9. The van der Waals surface area contributed by atoms with Crippen LogP contribution in [0.3, 0.4) is 0 Å². The summed E-state index contributed by atoms with van der Waals surface area (Å²) in [4.78, 5) is 13.6. The van der Waals surface area contributed by atoms with Gasteiger partial charge in [0, 0.05) is 19.1 Å². The van der Waals surface area contributed by atoms with Crippen molar-refractivity contribution in [2.45, 2.75) is 19.4 Å². The lowest BCUT2D eigenvalue weighted by Crippen LogP contribution is -2.32. The topological polar surface area (TPSA) is 46.3 Å². The lowest BCUT2D eigenvalue weighted by molar-refractivity contribution is 0.0786. The van der Waals surface area contributed by atoms with Crippen LogP contribution in [0.4, 0.5) is 4.39 Å². The van der Waals surface area contributed by atoms with E-state index < -0.39 is 5.82 Å². The Kier molecular flexibility index (Phi) is 4.48. The first-order valence-corrected chi connectivity index (χ1v) is 5.39. The number of nitrogens with two attached hydrogens (primary N) is 1. The molecule has 1 heterocycles. The van der Waals surface area contributed by atoms with Crippen molar-refractivity contribution in [2.75, 3.05) is 13.1 Å². The molecule has 1 aliphatic rings. The fraction of sp³-hybridized carbons (Fsp3) is 0.417. The van der Waals surface area contributed by atoms with E-state index in [-0.39, 0.29) is 29.9 Å². The summed E-state index contributed by atoms with van der Waals surface area (Å²) < 4.78 is 13.7. The lowest BCUT2D eigenvalue weighted by Gasteiger charge is -2.16. The van der Waals surface area contributed by atoms with Gasteiger partial charge >= 0.3 is 0 Å². The first-order valence-electron chi connectivity index (χ1n) is 5.39. The highest BCUT2D eigenvalue weighted by molar-refractivity contribution is 5.94. The van der Waals surface area contributed by atoms with Crippen LogP contribution in [0.25, 0.3) is 0 Å². The van der Waals surface area contributed by atoms with E-state index in [1.54, 1.807) is 24.0 Å². The molecule has 0 unspecified atom stereocenters. The van der Waals surface area contributed by atoms with Gasteiger partial charge in [-0.05, 0) is 25.0 Å². The molecule has 0 aliphatic carbocycles. The summed E-state index contributed by atoms with van der Waals surface area (Å²) in [7, 11) is 0. The summed E-state index contributed by atoms with van der Waals surface area (Å²) in [6.45, 7) is 2.79. The Morgan fingerprint density at radius 2 is 2.24 bits per heavy atom. The highest BCUT2D eigenvalue weighted by atomic mass is 35.5. The predicted molar refractivity (Wildman–Crippen MR) is 66.9 cm³/mol. The van der Waals surface area contributed by atoms with Crippen LogP contribution < -0.4 is 5.73 Å². The van der Waals surface area contributed by atoms with E-state index in [4.69, 9.17) is 5.73 Å². The maximum absolute atomic E-state index is 13.7. The molecule has 1 aromatic rings. The number of benzene rings is 1. The Morgan fingerprint density at radius 3 is 2.82 bits per heavy atom. The number of nitrogens with zero attached hydrogens (tertiary/aromatic N) is 1. The number of hydrogen-bond acceptors (Lipinski definition) is 2. The summed E-state index contributed by atoms with van der Waals surface area (Å²) in [5.41, 5.74) is 6.36. The third-order valence-corrected chi connectivity index (χ3v) is 2.93. The highest BCUT2D eigenvalue weighted by Gasteiger charge is 2.26. The molecule has 1 aromatic carbocycles. The van der Waals surface area contributed by atoms with Gasteiger partial charge in [0.15, 0.2) is 0 Å². The molecule has 0 radical (unpaired) electrons. The minimum absolute atomic E-state index is 0. The van der Waals surface area contributed by atoms with Crippen LogP contribution in [0.1, 0.15) is 22.3 Å². The summed E-state index contributed by atoms with van der Waals surface area (Å²) in [6, 6.07) is 4.90. The van der Waals surface area contributed by atoms with Crippen molar-refractivity contribution >= 4 is 18.3 Å². The second-order valence-electron chi connectivity index (χ2n) is 4.24. The number of halogens is 2. The summed E-state index contributed by atoms with van der Waals surface area (Å²) >= 11 is 0. The summed E-state index contributed by atoms with van der Waals surface area (Å²) in [6.07, 6.45) is 0.791. The first-order chi connectivity index (χ1) is 7.59. The van der Waals surface area contributed by atoms with Crippen molar-refractivity contribution in [3.8, 4) is 0 Å². The molecule has 2 rings (SSSR count). The molecule has 94 valence electrons. The molecule has 3 nitrogen and oxygen atoms in total. The SMILES string of the molecule is Cc1cccc(C(=O)N2CC[C@@H](N)C2)c1F.Cl. The van der Waals surface area contributed by atoms with Crippen LogP contribution in [0.2, 0.25) is 0 Å². The molecule has 1 fully saturated rings. The molecule has 1 saturated heterocycles. The van der Waals surface area contributed by atoms with E-state index in [0.29, 0.717) is 18.7 Å². The van der Waals surface area contributed by atoms with E-state index in [0.717, 1.165) is 6.42 Å². The Balaban J connectivity index is 0.00000144. The van der Waals surface area contributed by atoms with Gasteiger partial charge in [0.05, 0.1) is 5.56 Å². The van der Waals surface area contributed by atoms with E-state index in [1.165, 1.54) is 6.07 Å². The summed E-state index contributed by atoms with van der Waals surface area (Å²) in [5.74, 6) is -0.679. The zero-order chi connectivity index (χ0) is 11.7. The van der Waals surface area contributed by atoms with Gasteiger partial charge in [0.25, 0.3) is 5.91 Å². The highest BCUT2D eigenvalue weighted by Crippen LogP contribution is 2.17. The maximum atomic E-state index is 13.7. The third-order valence-electron chi connectivity index (χ3n) is 2.93. The number of aryl methyl sites for hydroxylation is 1. The van der Waals surface area contributed by atoms with Gasteiger partial charge < -0.3 is 10.6 Å². The van der Waals surface area contributed by atoms with E-state index in [2.05, 4.69) is 0 Å². The minimum Gasteiger partial charge on any atom is -0.337 e. The van der Waals surface area contributed by atoms with Gasteiger partial charge in [0.2, 0.25) is 0 Å². The van der Waals surface area contributed by atoms with E-state index in [1.807, 2.05) is 0 Å². The molecular weight excluding hydrogens is 243 g/mol. The molecule has 0 bridgehead atoms. The predicted octanol–water partition coefficient (Wildman–Crippen LogP) is 1.73. The summed E-state index contributed by atoms with van der Waals surface area (Å²) in [5, 5.41) is 0. The molecule has 0 saturated carbocycles. The molecule has 1 amide bonds. The number of hydrogen-bond donors (Lipinski definition) is 1. The van der Waals surface area contributed by atoms with Crippen molar-refractivity contribution in [1.82, 2.24) is 4.90 Å². The van der Waals surface area contributed by atoms with Crippen LogP contribution in [-0.2, 0) is 0 Å². The number of likely N-dealkylation sites (tertiary alicyclic amines) is 1. The molecule has 0 spiro atoms. The zero-order valence-electron chi connectivity index (χ0n) is 9.65. The zero-order valence-corrected chi connectivity index (χ0v) is 10.5. The van der Waals surface area contributed by atoms with Gasteiger partial charge in [-0.2, -0.15) is 0 Å². The standard InChI is InChI=1S/C12H15FN2O.ClH/c1-8-3-2-4-10(11(8)13)12(16)15-6-5-9(14)7-15;/h2-4,9H,5-7,14H2,1H3;1H/t9-;/m1./s1. The van der Waals surface area contributed by atoms with Gasteiger partial charge in [0.1, 0.15) is 5.82 Å². The molecule has 17 heavy (non-hydrogen) atoms. The van der Waals surface area contributed by atoms with Crippen molar-refractivity contribution in [3.05, 3.63) is 35.1 Å². The van der Waals surface area contributed by atoms with Crippen molar-refractivity contribution < 1.29 is 9.18 Å². The van der Waals surface area contributed by atoms with Gasteiger partial charge in [-0.25, -0.2) is 4.39 Å². The van der Waals surface area contributed by atoms with Gasteiger partial charge in [-0.15, -0.1) is 12.4 Å². The normalized spacial score (nSPS) is 19.0. The number of rotatable bonds is 1. The number of carbonyl (C=O) groups is 1. The van der Waals surface area contributed by atoms with Crippen LogP contribution in [0, 0.1) is 12.7 Å². The maximum Gasteiger partial charge on any atom is 0.256 e. The molecular formula is C12H16ClFN2O. The van der Waals surface area contributed by atoms with Crippen LogP contribution in [0.15, 0.2) is 18.2 Å². The second kappa shape index (κ2) is 5.47. The second-order valence-corrected chi connectivity index (χ2v) is 4.24. The average Bonchev–Trinajstić information content (AvgIpc) is 2.68. The van der Waals surface area contributed by atoms with Gasteiger partial charge in [-0.3, -0.25) is 4.79 Å². The lowest BCUT2D eigenvalue weighted by atomic mass is 10.1. The largest absolute Gasteiger partial charge is 0.337 e. The molecule has 2 N–H and O–H groups in total. The van der Waals surface area contributed by atoms with Crippen LogP contribution >= 0.6 is 12.4 Å². The quantitative estimate of drug-likeness (QED) is 0.834. The average molecular weight is 259 g/mol. The minimum atomic E-state index is -0.423. The third kappa shape index (κ3) is 2.76. The van der Waals surface area contributed by atoms with E-state index >= 15 is 0 Å². The number of carbonyl (C=O) groups excluding carboxylic acids is 1. The number of amides is 1. The smallest absolute Gasteiger partial charge is 0.256 e. The monoisotopic (exact) mass is 258 g/mol. The Bertz CT molecular complexity index is 425. The Morgan fingerprint density at radius 1 is 1.53 bits per heavy atom. The molecule has 5 heteroatoms. The van der Waals surface area contributed by atoms with Gasteiger partial charge in [-0.1, -0.05) is 12.1 Å². The molecule has 1 aliphatic heterocycles. The fourth-order valence-electron chi connectivity index (χ4n) is 1.95. The molecule has 0 aromatic heterocycles. The Hall–Kier alpha value is -1.13. The van der Waals surface area contributed by atoms with Crippen molar-refractivity contribution in [1.29, 1.82) is 0 Å². The Labute approximate surface area is 106 Å². The molecule has 1 atom stereocenters. The van der Waals surface area contributed by atoms with E-state index in [9.17, 15) is 9.18 Å².